The number of fused-ring (bicyclic) bond motifs is 1. The third-order valence-corrected chi connectivity index (χ3v) is 3.25. The number of hydrogen-bond acceptors (Lipinski definition) is 4. The van der Waals surface area contributed by atoms with E-state index in [1.54, 1.807) is 12.4 Å². The Morgan fingerprint density at radius 3 is 2.95 bits per heavy atom. The van der Waals surface area contributed by atoms with Crippen molar-refractivity contribution < 1.29 is 0 Å². The van der Waals surface area contributed by atoms with Crippen LogP contribution in [0.2, 0.25) is 0 Å². The predicted octanol–water partition coefficient (Wildman–Crippen LogP) is 2.06. The van der Waals surface area contributed by atoms with Crippen LogP contribution in [0.25, 0.3) is 11.4 Å². The van der Waals surface area contributed by atoms with Gasteiger partial charge in [-0.15, -0.1) is 12.4 Å². The van der Waals surface area contributed by atoms with Gasteiger partial charge in [0, 0.05) is 24.5 Å². The van der Waals surface area contributed by atoms with Gasteiger partial charge in [0.1, 0.15) is 5.82 Å². The highest BCUT2D eigenvalue weighted by atomic mass is 35.5. The van der Waals surface area contributed by atoms with Gasteiger partial charge in [0.05, 0.1) is 12.6 Å². The summed E-state index contributed by atoms with van der Waals surface area (Å²) in [5, 5.41) is 8.08. The fourth-order valence-corrected chi connectivity index (χ4v) is 2.32. The van der Waals surface area contributed by atoms with Gasteiger partial charge in [0.15, 0.2) is 5.82 Å². The number of pyridine rings is 1. The summed E-state index contributed by atoms with van der Waals surface area (Å²) in [6.45, 7) is 6.23. The van der Waals surface area contributed by atoms with Crippen molar-refractivity contribution in [3.63, 3.8) is 0 Å². The van der Waals surface area contributed by atoms with Gasteiger partial charge >= 0.3 is 0 Å². The minimum absolute atomic E-state index is 0. The van der Waals surface area contributed by atoms with Gasteiger partial charge < -0.3 is 5.32 Å². The summed E-state index contributed by atoms with van der Waals surface area (Å²) >= 11 is 0. The number of rotatable bonds is 2. The minimum atomic E-state index is 0. The molecule has 1 N–H and O–H groups in total. The van der Waals surface area contributed by atoms with E-state index < -0.39 is 0 Å². The number of hydrogen-bond donors (Lipinski definition) is 1. The van der Waals surface area contributed by atoms with Gasteiger partial charge in [-0.25, -0.2) is 9.67 Å². The van der Waals surface area contributed by atoms with E-state index in [1.165, 1.54) is 0 Å². The topological polar surface area (TPSA) is 55.6 Å². The molecule has 3 heterocycles. The smallest absolute Gasteiger partial charge is 0.183 e. The summed E-state index contributed by atoms with van der Waals surface area (Å²) in [7, 11) is 0. The van der Waals surface area contributed by atoms with Gasteiger partial charge in [-0.1, -0.05) is 13.8 Å². The highest BCUT2D eigenvalue weighted by Crippen LogP contribution is 2.25. The molecule has 0 saturated carbocycles. The molecule has 6 heteroatoms. The molecule has 1 aliphatic rings. The van der Waals surface area contributed by atoms with Crippen molar-refractivity contribution in [3.8, 4) is 11.4 Å². The van der Waals surface area contributed by atoms with E-state index in [-0.39, 0.29) is 18.4 Å². The van der Waals surface area contributed by atoms with Crippen molar-refractivity contribution >= 4 is 12.4 Å². The van der Waals surface area contributed by atoms with Crippen molar-refractivity contribution in [1.82, 2.24) is 25.1 Å². The maximum atomic E-state index is 4.67. The minimum Gasteiger partial charge on any atom is -0.305 e. The summed E-state index contributed by atoms with van der Waals surface area (Å²) in [6.07, 6.45) is 3.57. The molecule has 1 aliphatic heterocycles. The van der Waals surface area contributed by atoms with Crippen LogP contribution in [-0.2, 0) is 6.54 Å². The van der Waals surface area contributed by atoms with E-state index in [0.717, 1.165) is 30.3 Å². The molecule has 5 nitrogen and oxygen atoms in total. The average Bonchev–Trinajstić information content (AvgIpc) is 2.83. The molecule has 0 unspecified atom stereocenters. The molecule has 2 aromatic heterocycles. The molecule has 0 fully saturated rings. The third kappa shape index (κ3) is 2.62. The Hall–Kier alpha value is -1.46. The second-order valence-corrected chi connectivity index (χ2v) is 4.93. The molecule has 3 rings (SSSR count). The summed E-state index contributed by atoms with van der Waals surface area (Å²) < 4.78 is 2.02. The molecular formula is C13H18ClN5. The van der Waals surface area contributed by atoms with Crippen LogP contribution in [0.1, 0.15) is 25.7 Å². The van der Waals surface area contributed by atoms with Crippen LogP contribution in [0.3, 0.4) is 0 Å². The lowest BCUT2D eigenvalue weighted by Gasteiger charge is -2.26. The van der Waals surface area contributed by atoms with Crippen LogP contribution < -0.4 is 5.32 Å². The van der Waals surface area contributed by atoms with Crippen molar-refractivity contribution in [3.05, 3.63) is 30.4 Å². The Labute approximate surface area is 118 Å². The lowest BCUT2D eigenvalue weighted by Crippen LogP contribution is -2.36. The fourth-order valence-electron chi connectivity index (χ4n) is 2.32. The first kappa shape index (κ1) is 14.0. The van der Waals surface area contributed by atoms with E-state index in [9.17, 15) is 0 Å². The lowest BCUT2D eigenvalue weighted by atomic mass is 10.0. The zero-order valence-electron chi connectivity index (χ0n) is 11.1. The third-order valence-electron chi connectivity index (χ3n) is 3.25. The number of halogens is 1. The van der Waals surface area contributed by atoms with Crippen molar-refractivity contribution in [2.45, 2.75) is 26.4 Å². The lowest BCUT2D eigenvalue weighted by molar-refractivity contribution is 0.325. The van der Waals surface area contributed by atoms with Crippen LogP contribution in [0.4, 0.5) is 0 Å². The van der Waals surface area contributed by atoms with Gasteiger partial charge in [0.2, 0.25) is 0 Å². The first-order valence-corrected chi connectivity index (χ1v) is 6.34. The Morgan fingerprint density at radius 1 is 1.42 bits per heavy atom. The largest absolute Gasteiger partial charge is 0.305 e. The van der Waals surface area contributed by atoms with E-state index in [1.807, 2.05) is 16.8 Å². The molecule has 0 bridgehead atoms. The van der Waals surface area contributed by atoms with Crippen molar-refractivity contribution in [1.29, 1.82) is 0 Å². The van der Waals surface area contributed by atoms with Crippen molar-refractivity contribution in [2.24, 2.45) is 5.92 Å². The first-order chi connectivity index (χ1) is 8.75. The van der Waals surface area contributed by atoms with Gasteiger partial charge in [-0.2, -0.15) is 5.10 Å². The molecule has 2 aromatic rings. The van der Waals surface area contributed by atoms with Crippen LogP contribution >= 0.6 is 12.4 Å². The molecule has 0 aliphatic carbocycles. The summed E-state index contributed by atoms with van der Waals surface area (Å²) in [6, 6.07) is 4.19. The average molecular weight is 280 g/mol. The Morgan fingerprint density at radius 2 is 2.26 bits per heavy atom. The van der Waals surface area contributed by atoms with Gasteiger partial charge in [-0.05, 0) is 18.1 Å². The molecule has 102 valence electrons. The summed E-state index contributed by atoms with van der Waals surface area (Å²) in [5.41, 5.74) is 0.974. The molecule has 0 radical (unpaired) electrons. The Balaban J connectivity index is 0.00000133. The van der Waals surface area contributed by atoms with Gasteiger partial charge in [0.25, 0.3) is 0 Å². The second kappa shape index (κ2) is 5.67. The van der Waals surface area contributed by atoms with E-state index >= 15 is 0 Å². The van der Waals surface area contributed by atoms with Crippen molar-refractivity contribution in [2.75, 3.05) is 6.54 Å². The fraction of sp³-hybridized carbons (Fsp3) is 0.462. The molecule has 1 atom stereocenters. The second-order valence-electron chi connectivity index (χ2n) is 4.93. The molecule has 0 spiro atoms. The predicted molar refractivity (Wildman–Crippen MR) is 76.1 cm³/mol. The normalized spacial score (nSPS) is 17.9. The summed E-state index contributed by atoms with van der Waals surface area (Å²) in [4.78, 5) is 8.79. The zero-order chi connectivity index (χ0) is 12.5. The van der Waals surface area contributed by atoms with Crippen LogP contribution in [0.15, 0.2) is 24.5 Å². The number of nitrogens with zero attached hydrogens (tertiary/aromatic N) is 4. The monoisotopic (exact) mass is 279 g/mol. The van der Waals surface area contributed by atoms with E-state index in [4.69, 9.17) is 0 Å². The molecule has 0 aromatic carbocycles. The van der Waals surface area contributed by atoms with E-state index in [0.29, 0.717) is 5.92 Å². The number of nitrogens with one attached hydrogen (secondary N) is 1. The van der Waals surface area contributed by atoms with Gasteiger partial charge in [-0.3, -0.25) is 4.98 Å². The first-order valence-electron chi connectivity index (χ1n) is 6.34. The molecule has 19 heavy (non-hydrogen) atoms. The van der Waals surface area contributed by atoms with Crippen LogP contribution in [-0.4, -0.2) is 26.3 Å². The maximum Gasteiger partial charge on any atom is 0.183 e. The zero-order valence-corrected chi connectivity index (χ0v) is 11.9. The maximum absolute atomic E-state index is 4.67. The Bertz CT molecular complexity index is 537. The summed E-state index contributed by atoms with van der Waals surface area (Å²) in [5.74, 6) is 2.32. The SMILES string of the molecule is CC(C)[C@H]1NCCn2nc(-c3cccnc3)nc21.Cl. The molecule has 0 saturated heterocycles. The van der Waals surface area contributed by atoms with E-state index in [2.05, 4.69) is 34.2 Å². The van der Waals surface area contributed by atoms with Crippen LogP contribution in [0, 0.1) is 5.92 Å². The highest BCUT2D eigenvalue weighted by molar-refractivity contribution is 5.85. The number of aromatic nitrogens is 4. The Kier molecular flexibility index (Phi) is 4.17. The molecule has 0 amide bonds. The highest BCUT2D eigenvalue weighted by Gasteiger charge is 2.26. The van der Waals surface area contributed by atoms with Crippen LogP contribution in [0.5, 0.6) is 0 Å². The molecular weight excluding hydrogens is 262 g/mol. The standard InChI is InChI=1S/C13H17N5.ClH/c1-9(2)11-13-16-12(10-4-3-5-14-8-10)17-18(13)7-6-15-11;/h3-5,8-9,11,15H,6-7H2,1-2H3;1H/t11-;/m1./s1. The quantitative estimate of drug-likeness (QED) is 0.914.